The first kappa shape index (κ1) is 24.7. The molecule has 2 heterocycles. The molecule has 0 bridgehead atoms. The number of anilines is 2. The Bertz CT molecular complexity index is 1930. The van der Waals surface area contributed by atoms with Crippen molar-refractivity contribution in [1.82, 2.24) is 4.57 Å². The molecule has 0 N–H and O–H groups in total. The molecule has 0 saturated carbocycles. The van der Waals surface area contributed by atoms with Crippen LogP contribution in [0.3, 0.4) is 0 Å². The third kappa shape index (κ3) is 4.40. The van der Waals surface area contributed by atoms with Crippen LogP contribution < -0.4 is 4.90 Å². The van der Waals surface area contributed by atoms with Crippen LogP contribution in [0, 0.1) is 0 Å². The van der Waals surface area contributed by atoms with E-state index in [-0.39, 0.29) is 0 Å². The zero-order valence-corrected chi connectivity index (χ0v) is 22.9. The zero-order chi connectivity index (χ0) is 27.8. The molecule has 0 spiro atoms. The fraction of sp³-hybridized carbons (Fsp3) is 0.0256. The zero-order valence-electron chi connectivity index (χ0n) is 22.9. The molecule has 5 aromatic carbocycles. The van der Waals surface area contributed by atoms with E-state index in [1.807, 2.05) is 6.08 Å². The van der Waals surface area contributed by atoms with Gasteiger partial charge in [-0.2, -0.15) is 0 Å². The molecule has 1 aromatic heterocycles. The van der Waals surface area contributed by atoms with Crippen LogP contribution in [-0.2, 0) is 6.42 Å². The lowest BCUT2D eigenvalue weighted by molar-refractivity contribution is 1.16. The van der Waals surface area contributed by atoms with Gasteiger partial charge in [-0.25, -0.2) is 0 Å². The van der Waals surface area contributed by atoms with Gasteiger partial charge in [0.05, 0.1) is 11.0 Å². The molecule has 1 aliphatic rings. The van der Waals surface area contributed by atoms with Crippen LogP contribution in [0.25, 0.3) is 38.6 Å². The van der Waals surface area contributed by atoms with Gasteiger partial charge in [-0.05, 0) is 77.2 Å². The van der Waals surface area contributed by atoms with Crippen LogP contribution in [0.15, 0.2) is 170 Å². The van der Waals surface area contributed by atoms with E-state index in [2.05, 4.69) is 162 Å². The number of rotatable bonds is 4. The van der Waals surface area contributed by atoms with Crippen LogP contribution in [0.5, 0.6) is 0 Å². The van der Waals surface area contributed by atoms with Crippen LogP contribution in [0.1, 0.15) is 5.56 Å². The Kier molecular flexibility index (Phi) is 6.22. The SMILES string of the molecule is C=CC1=C/Cc2ccccc2N(c2ccc(-c3ccc(-n4c5ccccc5c5ccccc54)cc3)cc2)C(=C)/C=C\1. The second kappa shape index (κ2) is 10.3. The Balaban J connectivity index is 1.23. The second-order valence-electron chi connectivity index (χ2n) is 10.4. The summed E-state index contributed by atoms with van der Waals surface area (Å²) in [5.41, 5.74) is 11.5. The summed E-state index contributed by atoms with van der Waals surface area (Å²) in [6.07, 6.45) is 9.09. The molecule has 0 atom stereocenters. The summed E-state index contributed by atoms with van der Waals surface area (Å²) < 4.78 is 2.35. The van der Waals surface area contributed by atoms with E-state index in [4.69, 9.17) is 0 Å². The largest absolute Gasteiger partial charge is 0.311 e. The van der Waals surface area contributed by atoms with E-state index >= 15 is 0 Å². The van der Waals surface area contributed by atoms with Crippen LogP contribution in [0.4, 0.5) is 11.4 Å². The fourth-order valence-corrected chi connectivity index (χ4v) is 5.88. The summed E-state index contributed by atoms with van der Waals surface area (Å²) in [5, 5.41) is 2.55. The highest BCUT2D eigenvalue weighted by Gasteiger charge is 2.16. The summed E-state index contributed by atoms with van der Waals surface area (Å²) in [4.78, 5) is 2.24. The topological polar surface area (TPSA) is 8.17 Å². The molecule has 41 heavy (non-hydrogen) atoms. The van der Waals surface area contributed by atoms with Gasteiger partial charge in [-0.15, -0.1) is 0 Å². The van der Waals surface area contributed by atoms with Gasteiger partial charge in [-0.1, -0.05) is 110 Å². The minimum atomic E-state index is 0.835. The number of allylic oxidation sites excluding steroid dienone is 5. The number of hydrogen-bond acceptors (Lipinski definition) is 1. The maximum Gasteiger partial charge on any atom is 0.0541 e. The van der Waals surface area contributed by atoms with Crippen molar-refractivity contribution in [3.63, 3.8) is 0 Å². The lowest BCUT2D eigenvalue weighted by Gasteiger charge is -2.27. The Hall–Kier alpha value is -5.34. The van der Waals surface area contributed by atoms with Gasteiger partial charge in [0.15, 0.2) is 0 Å². The van der Waals surface area contributed by atoms with E-state index in [1.54, 1.807) is 0 Å². The molecule has 0 saturated heterocycles. The van der Waals surface area contributed by atoms with Gasteiger partial charge >= 0.3 is 0 Å². The Morgan fingerprint density at radius 1 is 0.585 bits per heavy atom. The van der Waals surface area contributed by atoms with E-state index in [0.717, 1.165) is 34.8 Å². The predicted octanol–water partition coefficient (Wildman–Crippen LogP) is 10.3. The van der Waals surface area contributed by atoms with Crippen molar-refractivity contribution in [1.29, 1.82) is 0 Å². The first-order valence-corrected chi connectivity index (χ1v) is 14.0. The fourth-order valence-electron chi connectivity index (χ4n) is 5.88. The van der Waals surface area contributed by atoms with Crippen molar-refractivity contribution in [3.8, 4) is 16.8 Å². The predicted molar refractivity (Wildman–Crippen MR) is 175 cm³/mol. The summed E-state index contributed by atoms with van der Waals surface area (Å²) >= 11 is 0. The Morgan fingerprint density at radius 2 is 1.15 bits per heavy atom. The molecule has 1 aliphatic heterocycles. The van der Waals surface area contributed by atoms with Gasteiger partial charge in [0.25, 0.3) is 0 Å². The first-order chi connectivity index (χ1) is 20.2. The van der Waals surface area contributed by atoms with Crippen molar-refractivity contribution >= 4 is 33.2 Å². The quantitative estimate of drug-likeness (QED) is 0.222. The maximum absolute atomic E-state index is 4.42. The molecule has 0 radical (unpaired) electrons. The second-order valence-corrected chi connectivity index (χ2v) is 10.4. The first-order valence-electron chi connectivity index (χ1n) is 14.0. The van der Waals surface area contributed by atoms with Crippen LogP contribution >= 0.6 is 0 Å². The van der Waals surface area contributed by atoms with Gasteiger partial charge in [0.2, 0.25) is 0 Å². The number of aromatic nitrogens is 1. The summed E-state index contributed by atoms with van der Waals surface area (Å²) in [6.45, 7) is 8.38. The average Bonchev–Trinajstić information content (AvgIpc) is 3.39. The number of fused-ring (bicyclic) bond motifs is 4. The van der Waals surface area contributed by atoms with E-state index in [0.29, 0.717) is 0 Å². The maximum atomic E-state index is 4.42. The molecule has 2 nitrogen and oxygen atoms in total. The Labute approximate surface area is 241 Å². The van der Waals surface area contributed by atoms with Crippen molar-refractivity contribution < 1.29 is 0 Å². The third-order valence-corrected chi connectivity index (χ3v) is 7.95. The smallest absolute Gasteiger partial charge is 0.0541 e. The number of hydrogen-bond donors (Lipinski definition) is 0. The van der Waals surface area contributed by atoms with Crippen molar-refractivity contribution in [3.05, 3.63) is 176 Å². The molecule has 196 valence electrons. The molecular formula is C39H30N2. The number of nitrogens with zero attached hydrogens (tertiary/aromatic N) is 2. The van der Waals surface area contributed by atoms with Crippen molar-refractivity contribution in [2.75, 3.05) is 4.90 Å². The molecular weight excluding hydrogens is 496 g/mol. The summed E-state index contributed by atoms with van der Waals surface area (Å²) in [6, 6.07) is 43.4. The molecule has 0 aliphatic carbocycles. The average molecular weight is 527 g/mol. The lowest BCUT2D eigenvalue weighted by atomic mass is 10.0. The summed E-state index contributed by atoms with van der Waals surface area (Å²) in [5.74, 6) is 0. The number of para-hydroxylation sites is 3. The highest BCUT2D eigenvalue weighted by atomic mass is 15.1. The standard InChI is InChI=1S/C39H30N2/c1-3-29-17-16-28(2)40(37-13-7-4-10-32(37)19-18-29)33-24-20-30(21-25-33)31-22-26-34(27-23-31)41-38-14-8-5-11-35(38)36-12-6-9-15-39(36)41/h3-18,20-27H,1-2,19H2/b17-16-,29-18-. The van der Waals surface area contributed by atoms with Gasteiger partial charge in [0.1, 0.15) is 0 Å². The molecule has 6 aromatic rings. The summed E-state index contributed by atoms with van der Waals surface area (Å²) in [7, 11) is 0. The van der Waals surface area contributed by atoms with E-state index in [9.17, 15) is 0 Å². The molecule has 2 heteroatoms. The molecule has 0 unspecified atom stereocenters. The van der Waals surface area contributed by atoms with Crippen molar-refractivity contribution in [2.24, 2.45) is 0 Å². The van der Waals surface area contributed by atoms with Crippen LogP contribution in [0.2, 0.25) is 0 Å². The normalized spacial score (nSPS) is 15.5. The number of benzene rings is 5. The van der Waals surface area contributed by atoms with Crippen LogP contribution in [-0.4, -0.2) is 4.57 Å². The van der Waals surface area contributed by atoms with Gasteiger partial charge in [0, 0.05) is 33.5 Å². The molecule has 0 fully saturated rings. The Morgan fingerprint density at radius 3 is 1.78 bits per heavy atom. The van der Waals surface area contributed by atoms with Crippen molar-refractivity contribution in [2.45, 2.75) is 6.42 Å². The highest BCUT2D eigenvalue weighted by Crippen LogP contribution is 2.36. The van der Waals surface area contributed by atoms with Gasteiger partial charge < -0.3 is 9.47 Å². The minimum absolute atomic E-state index is 0.835. The van der Waals surface area contributed by atoms with Gasteiger partial charge in [-0.3, -0.25) is 0 Å². The minimum Gasteiger partial charge on any atom is -0.311 e. The molecule has 7 rings (SSSR count). The highest BCUT2D eigenvalue weighted by molar-refractivity contribution is 6.09. The monoisotopic (exact) mass is 526 g/mol. The van der Waals surface area contributed by atoms with E-state index < -0.39 is 0 Å². The third-order valence-electron chi connectivity index (χ3n) is 7.95. The lowest BCUT2D eigenvalue weighted by Crippen LogP contribution is -2.15. The van der Waals surface area contributed by atoms with E-state index in [1.165, 1.54) is 38.5 Å². The molecule has 0 amide bonds.